The number of benzene rings is 1. The zero-order valence-electron chi connectivity index (χ0n) is 12.1. The van der Waals surface area contributed by atoms with E-state index in [0.29, 0.717) is 25.9 Å². The molecule has 0 radical (unpaired) electrons. The van der Waals surface area contributed by atoms with Crippen LogP contribution in [0.1, 0.15) is 26.7 Å². The molecule has 0 N–H and O–H groups in total. The van der Waals surface area contributed by atoms with Crippen molar-refractivity contribution in [1.82, 2.24) is 4.90 Å². The molecule has 0 saturated carbocycles. The summed E-state index contributed by atoms with van der Waals surface area (Å²) >= 11 is 6.07. The number of halogens is 2. The fraction of sp³-hybridized carbons (Fsp3) is 0.467. The van der Waals surface area contributed by atoms with Crippen molar-refractivity contribution in [3.8, 4) is 0 Å². The highest BCUT2D eigenvalue weighted by atomic mass is 35.5. The van der Waals surface area contributed by atoms with E-state index in [1.165, 1.54) is 30.9 Å². The normalized spacial score (nSPS) is 15.9. The Morgan fingerprint density at radius 1 is 1.29 bits per heavy atom. The Hall–Kier alpha value is -1.62. The Kier molecular flexibility index (Phi) is 4.83. The molecule has 4 nitrogen and oxygen atoms in total. The highest BCUT2D eigenvalue weighted by Crippen LogP contribution is 2.32. The van der Waals surface area contributed by atoms with Crippen molar-refractivity contribution in [2.24, 2.45) is 0 Å². The van der Waals surface area contributed by atoms with Gasteiger partial charge in [-0.25, -0.2) is 4.39 Å². The molecular weight excluding hydrogens is 295 g/mol. The molecule has 0 spiro atoms. The second-order valence-corrected chi connectivity index (χ2v) is 5.60. The molecule has 21 heavy (non-hydrogen) atoms. The third-order valence-corrected chi connectivity index (χ3v) is 4.10. The van der Waals surface area contributed by atoms with E-state index in [-0.39, 0.29) is 28.6 Å². The molecule has 0 bridgehead atoms. The Morgan fingerprint density at radius 2 is 1.90 bits per heavy atom. The van der Waals surface area contributed by atoms with Crippen LogP contribution in [0.3, 0.4) is 0 Å². The third kappa shape index (κ3) is 3.35. The number of rotatable bonds is 2. The van der Waals surface area contributed by atoms with Gasteiger partial charge in [-0.05, 0) is 25.0 Å². The van der Waals surface area contributed by atoms with Crippen molar-refractivity contribution in [1.29, 1.82) is 0 Å². The fourth-order valence-corrected chi connectivity index (χ4v) is 3.01. The molecule has 1 heterocycles. The smallest absolute Gasteiger partial charge is 0.224 e. The van der Waals surface area contributed by atoms with Gasteiger partial charge >= 0.3 is 0 Å². The van der Waals surface area contributed by atoms with Gasteiger partial charge in [-0.15, -0.1) is 0 Å². The monoisotopic (exact) mass is 312 g/mol. The van der Waals surface area contributed by atoms with Crippen molar-refractivity contribution in [2.75, 3.05) is 18.0 Å². The number of nitrogens with zero attached hydrogens (tertiary/aromatic N) is 2. The summed E-state index contributed by atoms with van der Waals surface area (Å²) in [5.41, 5.74) is 0.132. The number of piperidine rings is 1. The maximum absolute atomic E-state index is 14.1. The number of anilines is 1. The van der Waals surface area contributed by atoms with Gasteiger partial charge in [-0.2, -0.15) is 0 Å². The van der Waals surface area contributed by atoms with Crippen LogP contribution >= 0.6 is 11.6 Å². The van der Waals surface area contributed by atoms with Gasteiger partial charge < -0.3 is 9.80 Å². The number of para-hydroxylation sites is 1. The largest absolute Gasteiger partial charge is 0.343 e. The lowest BCUT2D eigenvalue weighted by Gasteiger charge is -2.38. The van der Waals surface area contributed by atoms with Crippen LogP contribution in [-0.2, 0) is 9.59 Å². The van der Waals surface area contributed by atoms with Gasteiger partial charge in [-0.1, -0.05) is 17.7 Å². The molecule has 0 unspecified atom stereocenters. The van der Waals surface area contributed by atoms with Gasteiger partial charge in [-0.3, -0.25) is 9.59 Å². The van der Waals surface area contributed by atoms with E-state index in [9.17, 15) is 14.0 Å². The number of carbonyl (C=O) groups excluding carboxylic acids is 2. The van der Waals surface area contributed by atoms with Gasteiger partial charge in [0.25, 0.3) is 0 Å². The summed E-state index contributed by atoms with van der Waals surface area (Å²) in [6, 6.07) is 4.23. The Balaban J connectivity index is 2.25. The molecular formula is C15H18ClFN2O2. The molecule has 0 atom stereocenters. The lowest BCUT2D eigenvalue weighted by Crippen LogP contribution is -2.48. The quantitative estimate of drug-likeness (QED) is 0.842. The zero-order chi connectivity index (χ0) is 15.6. The molecule has 1 fully saturated rings. The molecule has 2 amide bonds. The van der Waals surface area contributed by atoms with Crippen LogP contribution in [-0.4, -0.2) is 35.8 Å². The van der Waals surface area contributed by atoms with Gasteiger partial charge in [0.2, 0.25) is 11.8 Å². The molecule has 1 aromatic rings. The number of hydrogen-bond acceptors (Lipinski definition) is 2. The molecule has 6 heteroatoms. The highest BCUT2D eigenvalue weighted by Gasteiger charge is 2.30. The summed E-state index contributed by atoms with van der Waals surface area (Å²) in [7, 11) is 0. The summed E-state index contributed by atoms with van der Waals surface area (Å²) in [6.45, 7) is 4.06. The lowest BCUT2D eigenvalue weighted by molar-refractivity contribution is -0.129. The maximum atomic E-state index is 14.1. The molecule has 1 aliphatic rings. The van der Waals surface area contributed by atoms with Gasteiger partial charge in [0.15, 0.2) is 0 Å². The predicted molar refractivity (Wildman–Crippen MR) is 79.8 cm³/mol. The zero-order valence-corrected chi connectivity index (χ0v) is 12.9. The lowest BCUT2D eigenvalue weighted by atomic mass is 10.0. The van der Waals surface area contributed by atoms with E-state index in [1.807, 2.05) is 0 Å². The molecule has 2 rings (SSSR count). The number of hydrogen-bond donors (Lipinski definition) is 0. The summed E-state index contributed by atoms with van der Waals surface area (Å²) in [4.78, 5) is 26.5. The Morgan fingerprint density at radius 3 is 2.38 bits per heavy atom. The average Bonchev–Trinajstić information content (AvgIpc) is 2.42. The van der Waals surface area contributed by atoms with Gasteiger partial charge in [0, 0.05) is 33.0 Å². The first-order chi connectivity index (χ1) is 9.91. The third-order valence-electron chi connectivity index (χ3n) is 3.79. The summed E-state index contributed by atoms with van der Waals surface area (Å²) in [5.74, 6) is -0.735. The minimum Gasteiger partial charge on any atom is -0.343 e. The van der Waals surface area contributed by atoms with Crippen molar-refractivity contribution in [2.45, 2.75) is 32.7 Å². The topological polar surface area (TPSA) is 40.6 Å². The first-order valence-electron chi connectivity index (χ1n) is 6.91. The molecule has 1 saturated heterocycles. The second kappa shape index (κ2) is 6.43. The van der Waals surface area contributed by atoms with Crippen LogP contribution in [0.15, 0.2) is 18.2 Å². The van der Waals surface area contributed by atoms with Gasteiger partial charge in [0.05, 0.1) is 10.7 Å². The molecule has 114 valence electrons. The molecule has 0 aliphatic carbocycles. The minimum atomic E-state index is -0.508. The van der Waals surface area contributed by atoms with Crippen molar-refractivity contribution >= 4 is 29.1 Å². The number of likely N-dealkylation sites (tertiary alicyclic amines) is 1. The SMILES string of the molecule is CC(=O)N1CCC(N(C(C)=O)c2c(F)cccc2Cl)CC1. The number of carbonyl (C=O) groups is 2. The van der Waals surface area contributed by atoms with E-state index in [0.717, 1.165) is 0 Å². The predicted octanol–water partition coefficient (Wildman–Crippen LogP) is 2.84. The van der Waals surface area contributed by atoms with Crippen molar-refractivity contribution in [3.63, 3.8) is 0 Å². The van der Waals surface area contributed by atoms with Crippen LogP contribution in [0.5, 0.6) is 0 Å². The summed E-state index contributed by atoms with van der Waals surface area (Å²) < 4.78 is 14.1. The first kappa shape index (κ1) is 15.8. The Bertz CT molecular complexity index is 536. The van der Waals surface area contributed by atoms with Crippen LogP contribution in [0, 0.1) is 5.82 Å². The van der Waals surface area contributed by atoms with E-state index in [2.05, 4.69) is 0 Å². The summed E-state index contributed by atoms with van der Waals surface area (Å²) in [5, 5.41) is 0.221. The molecule has 0 aromatic heterocycles. The van der Waals surface area contributed by atoms with E-state index in [1.54, 1.807) is 11.0 Å². The second-order valence-electron chi connectivity index (χ2n) is 5.20. The number of amides is 2. The summed E-state index contributed by atoms with van der Waals surface area (Å²) in [6.07, 6.45) is 1.23. The average molecular weight is 313 g/mol. The van der Waals surface area contributed by atoms with Gasteiger partial charge in [0.1, 0.15) is 5.82 Å². The van der Waals surface area contributed by atoms with E-state index < -0.39 is 5.82 Å². The van der Waals surface area contributed by atoms with Crippen LogP contribution in [0.2, 0.25) is 5.02 Å². The van der Waals surface area contributed by atoms with Crippen LogP contribution in [0.25, 0.3) is 0 Å². The van der Waals surface area contributed by atoms with E-state index >= 15 is 0 Å². The highest BCUT2D eigenvalue weighted by molar-refractivity contribution is 6.33. The molecule has 1 aromatic carbocycles. The van der Waals surface area contributed by atoms with Crippen molar-refractivity contribution in [3.05, 3.63) is 29.0 Å². The standard InChI is InChI=1S/C15H18ClFN2O2/c1-10(20)18-8-6-12(7-9-18)19(11(2)21)15-13(16)4-3-5-14(15)17/h3-5,12H,6-9H2,1-2H3. The maximum Gasteiger partial charge on any atom is 0.224 e. The van der Waals surface area contributed by atoms with Crippen LogP contribution in [0.4, 0.5) is 10.1 Å². The Labute approximate surface area is 128 Å². The van der Waals surface area contributed by atoms with E-state index in [4.69, 9.17) is 11.6 Å². The minimum absolute atomic E-state index is 0.0201. The molecule has 1 aliphatic heterocycles. The first-order valence-corrected chi connectivity index (χ1v) is 7.29. The van der Waals surface area contributed by atoms with Crippen molar-refractivity contribution < 1.29 is 14.0 Å². The van der Waals surface area contributed by atoms with Crippen LogP contribution < -0.4 is 4.90 Å². The fourth-order valence-electron chi connectivity index (χ4n) is 2.76.